The Morgan fingerprint density at radius 3 is 2.53 bits per heavy atom. The van der Waals surface area contributed by atoms with Crippen LogP contribution in [0.1, 0.15) is 0 Å². The predicted octanol–water partition coefficient (Wildman–Crippen LogP) is 3.96. The largest absolute Gasteiger partial charge is 0.497 e. The van der Waals surface area contributed by atoms with Crippen LogP contribution in [0.15, 0.2) is 48.7 Å². The van der Waals surface area contributed by atoms with Gasteiger partial charge in [0.25, 0.3) is 0 Å². The molecule has 0 aliphatic carbocycles. The Balaban J connectivity index is 2.08. The Hall–Kier alpha value is -2.13. The maximum atomic E-state index is 5.97. The average molecular weight is 271 g/mol. The van der Waals surface area contributed by atoms with Crippen molar-refractivity contribution in [3.8, 4) is 17.0 Å². The van der Waals surface area contributed by atoms with Gasteiger partial charge in [0.1, 0.15) is 5.75 Å². The summed E-state index contributed by atoms with van der Waals surface area (Å²) in [5.74, 6) is 0.820. The summed E-state index contributed by atoms with van der Waals surface area (Å²) in [4.78, 5) is 8.96. The third kappa shape index (κ3) is 2.37. The van der Waals surface area contributed by atoms with E-state index in [-0.39, 0.29) is 0 Å². The Morgan fingerprint density at radius 1 is 1.00 bits per heavy atom. The zero-order chi connectivity index (χ0) is 13.2. The summed E-state index contributed by atoms with van der Waals surface area (Å²) in [6.07, 6.45) is 1.76. The standard InChI is InChI=1S/C15H11ClN2O/c1-19-12-5-2-10(3-6-12)15-9-17-13-7-4-11(16)8-14(13)18-15/h2-9H,1H3. The van der Waals surface area contributed by atoms with E-state index in [1.54, 1.807) is 13.3 Å². The van der Waals surface area contributed by atoms with E-state index >= 15 is 0 Å². The molecule has 3 nitrogen and oxygen atoms in total. The quantitative estimate of drug-likeness (QED) is 0.707. The van der Waals surface area contributed by atoms with Crippen molar-refractivity contribution in [2.45, 2.75) is 0 Å². The summed E-state index contributed by atoms with van der Waals surface area (Å²) in [7, 11) is 1.65. The Labute approximate surface area is 115 Å². The van der Waals surface area contributed by atoms with Crippen LogP contribution in [-0.2, 0) is 0 Å². The zero-order valence-electron chi connectivity index (χ0n) is 10.3. The summed E-state index contributed by atoms with van der Waals surface area (Å²) < 4.78 is 5.14. The molecular formula is C15H11ClN2O. The highest BCUT2D eigenvalue weighted by Crippen LogP contribution is 2.23. The van der Waals surface area contributed by atoms with Crippen LogP contribution in [0.5, 0.6) is 5.75 Å². The minimum absolute atomic E-state index is 0.661. The number of fused-ring (bicyclic) bond motifs is 1. The molecule has 0 N–H and O–H groups in total. The lowest BCUT2D eigenvalue weighted by molar-refractivity contribution is 0.415. The lowest BCUT2D eigenvalue weighted by Gasteiger charge is -2.04. The van der Waals surface area contributed by atoms with Gasteiger partial charge in [-0.15, -0.1) is 0 Å². The van der Waals surface area contributed by atoms with E-state index in [1.165, 1.54) is 0 Å². The van der Waals surface area contributed by atoms with Crippen LogP contribution in [0, 0.1) is 0 Å². The van der Waals surface area contributed by atoms with Crippen LogP contribution < -0.4 is 4.74 Å². The molecule has 0 fully saturated rings. The van der Waals surface area contributed by atoms with E-state index in [1.807, 2.05) is 42.5 Å². The fraction of sp³-hybridized carbons (Fsp3) is 0.0667. The van der Waals surface area contributed by atoms with Crippen LogP contribution in [-0.4, -0.2) is 17.1 Å². The second kappa shape index (κ2) is 4.86. The highest BCUT2D eigenvalue weighted by molar-refractivity contribution is 6.31. The zero-order valence-corrected chi connectivity index (χ0v) is 11.1. The summed E-state index contributed by atoms with van der Waals surface area (Å²) in [6, 6.07) is 13.2. The van der Waals surface area contributed by atoms with Crippen LogP contribution in [0.3, 0.4) is 0 Å². The molecule has 0 bridgehead atoms. The van der Waals surface area contributed by atoms with Crippen molar-refractivity contribution >= 4 is 22.6 Å². The molecule has 0 radical (unpaired) electrons. The summed E-state index contributed by atoms with van der Waals surface area (Å²) in [5, 5.41) is 0.661. The third-order valence-corrected chi connectivity index (χ3v) is 3.13. The molecule has 94 valence electrons. The van der Waals surface area contributed by atoms with Crippen molar-refractivity contribution in [2.24, 2.45) is 0 Å². The van der Waals surface area contributed by atoms with Gasteiger partial charge >= 0.3 is 0 Å². The van der Waals surface area contributed by atoms with Crippen LogP contribution in [0.2, 0.25) is 5.02 Å². The van der Waals surface area contributed by atoms with Crippen molar-refractivity contribution < 1.29 is 4.74 Å². The summed E-state index contributed by atoms with van der Waals surface area (Å²) >= 11 is 5.97. The number of nitrogens with zero attached hydrogens (tertiary/aromatic N) is 2. The number of ether oxygens (including phenoxy) is 1. The summed E-state index contributed by atoms with van der Waals surface area (Å²) in [6.45, 7) is 0. The van der Waals surface area contributed by atoms with E-state index in [4.69, 9.17) is 16.3 Å². The van der Waals surface area contributed by atoms with Gasteiger partial charge < -0.3 is 4.74 Å². The monoisotopic (exact) mass is 270 g/mol. The van der Waals surface area contributed by atoms with E-state index in [2.05, 4.69) is 9.97 Å². The first-order chi connectivity index (χ1) is 9.26. The van der Waals surface area contributed by atoms with Crippen LogP contribution in [0.25, 0.3) is 22.3 Å². The molecule has 3 aromatic rings. The molecule has 4 heteroatoms. The van der Waals surface area contributed by atoms with Crippen LogP contribution >= 0.6 is 11.6 Å². The molecular weight excluding hydrogens is 260 g/mol. The molecule has 2 aromatic carbocycles. The van der Waals surface area contributed by atoms with Gasteiger partial charge in [-0.05, 0) is 42.5 Å². The lowest BCUT2D eigenvalue weighted by atomic mass is 10.1. The number of halogens is 1. The molecule has 0 aliphatic heterocycles. The topological polar surface area (TPSA) is 35.0 Å². The smallest absolute Gasteiger partial charge is 0.118 e. The molecule has 0 saturated heterocycles. The molecule has 3 rings (SSSR count). The van der Waals surface area contributed by atoms with Gasteiger partial charge in [-0.1, -0.05) is 11.6 Å². The second-order valence-electron chi connectivity index (χ2n) is 4.12. The first-order valence-electron chi connectivity index (χ1n) is 5.83. The highest BCUT2D eigenvalue weighted by Gasteiger charge is 2.03. The van der Waals surface area contributed by atoms with Gasteiger partial charge in [-0.2, -0.15) is 0 Å². The highest BCUT2D eigenvalue weighted by atomic mass is 35.5. The number of hydrogen-bond donors (Lipinski definition) is 0. The Bertz CT molecular complexity index is 726. The van der Waals surface area contributed by atoms with E-state index in [0.717, 1.165) is 28.0 Å². The number of aromatic nitrogens is 2. The van der Waals surface area contributed by atoms with Crippen molar-refractivity contribution in [3.05, 3.63) is 53.7 Å². The number of rotatable bonds is 2. The molecule has 0 unspecified atom stereocenters. The van der Waals surface area contributed by atoms with E-state index in [0.29, 0.717) is 5.02 Å². The Morgan fingerprint density at radius 2 is 1.79 bits per heavy atom. The van der Waals surface area contributed by atoms with Crippen LogP contribution in [0.4, 0.5) is 0 Å². The molecule has 1 aromatic heterocycles. The summed E-state index contributed by atoms with van der Waals surface area (Å²) in [5.41, 5.74) is 3.44. The molecule has 0 amide bonds. The minimum atomic E-state index is 0.661. The Kier molecular flexibility index (Phi) is 3.05. The fourth-order valence-corrected chi connectivity index (χ4v) is 2.05. The maximum absolute atomic E-state index is 5.97. The molecule has 0 aliphatic rings. The van der Waals surface area contributed by atoms with Gasteiger partial charge in [0.05, 0.1) is 30.0 Å². The first-order valence-corrected chi connectivity index (χ1v) is 6.21. The van der Waals surface area contributed by atoms with Crippen molar-refractivity contribution in [2.75, 3.05) is 7.11 Å². The molecule has 0 saturated carbocycles. The normalized spacial score (nSPS) is 10.6. The van der Waals surface area contributed by atoms with Gasteiger partial charge in [-0.3, -0.25) is 4.98 Å². The predicted molar refractivity (Wildman–Crippen MR) is 76.5 cm³/mol. The molecule has 0 spiro atoms. The van der Waals surface area contributed by atoms with Crippen molar-refractivity contribution in [1.29, 1.82) is 0 Å². The van der Waals surface area contributed by atoms with Gasteiger partial charge in [0, 0.05) is 10.6 Å². The first kappa shape index (κ1) is 11.9. The minimum Gasteiger partial charge on any atom is -0.497 e. The van der Waals surface area contributed by atoms with Gasteiger partial charge in [0.2, 0.25) is 0 Å². The van der Waals surface area contributed by atoms with E-state index < -0.39 is 0 Å². The molecule has 0 atom stereocenters. The van der Waals surface area contributed by atoms with Crippen molar-refractivity contribution in [1.82, 2.24) is 9.97 Å². The van der Waals surface area contributed by atoms with E-state index in [9.17, 15) is 0 Å². The molecule has 19 heavy (non-hydrogen) atoms. The SMILES string of the molecule is COc1ccc(-c2cnc3ccc(Cl)cc3n2)cc1. The number of hydrogen-bond acceptors (Lipinski definition) is 3. The maximum Gasteiger partial charge on any atom is 0.118 e. The number of methoxy groups -OCH3 is 1. The average Bonchev–Trinajstić information content (AvgIpc) is 2.46. The van der Waals surface area contributed by atoms with Crippen molar-refractivity contribution in [3.63, 3.8) is 0 Å². The number of benzene rings is 2. The van der Waals surface area contributed by atoms with Gasteiger partial charge in [-0.25, -0.2) is 4.98 Å². The fourth-order valence-electron chi connectivity index (χ4n) is 1.89. The van der Waals surface area contributed by atoms with Gasteiger partial charge in [0.15, 0.2) is 0 Å². The molecule has 1 heterocycles. The third-order valence-electron chi connectivity index (χ3n) is 2.89. The lowest BCUT2D eigenvalue weighted by Crippen LogP contribution is -1.89. The second-order valence-corrected chi connectivity index (χ2v) is 4.55.